The van der Waals surface area contributed by atoms with Crippen LogP contribution in [0.15, 0.2) is 53.2 Å². The van der Waals surface area contributed by atoms with E-state index in [1.54, 1.807) is 0 Å². The summed E-state index contributed by atoms with van der Waals surface area (Å²) in [6.07, 6.45) is 3.68. The average Bonchev–Trinajstić information content (AvgIpc) is 2.82. The van der Waals surface area contributed by atoms with Gasteiger partial charge in [0, 0.05) is 28.9 Å². The molecule has 2 aromatic heterocycles. The van der Waals surface area contributed by atoms with Crippen LogP contribution in [0.4, 0.5) is 5.69 Å². The molecule has 90 valence electrons. The molecular formula is C15H14N2O. The molecule has 18 heavy (non-hydrogen) atoms. The first-order chi connectivity index (χ1) is 8.83. The van der Waals surface area contributed by atoms with Gasteiger partial charge in [0.15, 0.2) is 0 Å². The van der Waals surface area contributed by atoms with Gasteiger partial charge in [-0.05, 0) is 31.2 Å². The SMILES string of the molecule is Cc1ccc(CNc2cccc3cnccc23)o1. The molecule has 0 fully saturated rings. The first-order valence-corrected chi connectivity index (χ1v) is 5.95. The second-order valence-electron chi connectivity index (χ2n) is 4.27. The quantitative estimate of drug-likeness (QED) is 0.755. The van der Waals surface area contributed by atoms with Gasteiger partial charge in [-0.3, -0.25) is 4.98 Å². The summed E-state index contributed by atoms with van der Waals surface area (Å²) in [4.78, 5) is 4.13. The summed E-state index contributed by atoms with van der Waals surface area (Å²) in [6.45, 7) is 2.64. The lowest BCUT2D eigenvalue weighted by Crippen LogP contribution is -1.98. The highest BCUT2D eigenvalue weighted by molar-refractivity contribution is 5.93. The summed E-state index contributed by atoms with van der Waals surface area (Å²) in [5.74, 6) is 1.88. The highest BCUT2D eigenvalue weighted by Gasteiger charge is 2.02. The molecule has 1 aromatic carbocycles. The van der Waals surface area contributed by atoms with Crippen molar-refractivity contribution in [3.05, 3.63) is 60.3 Å². The number of benzene rings is 1. The number of hydrogen-bond acceptors (Lipinski definition) is 3. The molecule has 2 heterocycles. The number of fused-ring (bicyclic) bond motifs is 1. The Balaban J connectivity index is 1.86. The monoisotopic (exact) mass is 238 g/mol. The summed E-state index contributed by atoms with van der Waals surface area (Å²) in [5.41, 5.74) is 1.10. The molecule has 3 rings (SSSR count). The maximum absolute atomic E-state index is 5.54. The number of pyridine rings is 1. The lowest BCUT2D eigenvalue weighted by Gasteiger charge is -2.08. The Morgan fingerprint density at radius 2 is 2.11 bits per heavy atom. The van der Waals surface area contributed by atoms with E-state index in [0.717, 1.165) is 22.6 Å². The predicted molar refractivity (Wildman–Crippen MR) is 72.5 cm³/mol. The molecule has 1 N–H and O–H groups in total. The van der Waals surface area contributed by atoms with Crippen molar-refractivity contribution in [2.45, 2.75) is 13.5 Å². The van der Waals surface area contributed by atoms with Crippen LogP contribution in [0.5, 0.6) is 0 Å². The number of anilines is 1. The fourth-order valence-electron chi connectivity index (χ4n) is 2.04. The van der Waals surface area contributed by atoms with Crippen molar-refractivity contribution >= 4 is 16.5 Å². The largest absolute Gasteiger partial charge is 0.465 e. The third-order valence-electron chi connectivity index (χ3n) is 2.93. The second kappa shape index (κ2) is 4.53. The Bertz CT molecular complexity index is 668. The summed E-state index contributed by atoms with van der Waals surface area (Å²) in [5, 5.41) is 5.71. The van der Waals surface area contributed by atoms with E-state index in [0.29, 0.717) is 6.54 Å². The molecule has 3 heteroatoms. The van der Waals surface area contributed by atoms with E-state index in [1.165, 1.54) is 5.39 Å². The van der Waals surface area contributed by atoms with E-state index in [2.05, 4.69) is 22.4 Å². The number of furan rings is 1. The lowest BCUT2D eigenvalue weighted by molar-refractivity contribution is 0.490. The van der Waals surface area contributed by atoms with Crippen molar-refractivity contribution in [1.82, 2.24) is 4.98 Å². The van der Waals surface area contributed by atoms with Crippen molar-refractivity contribution < 1.29 is 4.42 Å². The highest BCUT2D eigenvalue weighted by atomic mass is 16.3. The highest BCUT2D eigenvalue weighted by Crippen LogP contribution is 2.22. The molecule has 0 saturated carbocycles. The predicted octanol–water partition coefficient (Wildman–Crippen LogP) is 3.75. The molecule has 0 saturated heterocycles. The van der Waals surface area contributed by atoms with E-state index in [9.17, 15) is 0 Å². The molecule has 0 radical (unpaired) electrons. The van der Waals surface area contributed by atoms with Crippen LogP contribution in [-0.4, -0.2) is 4.98 Å². The van der Waals surface area contributed by atoms with Crippen LogP contribution in [-0.2, 0) is 6.54 Å². The molecule has 0 atom stereocenters. The number of aromatic nitrogens is 1. The molecule has 0 amide bonds. The normalized spacial score (nSPS) is 10.7. The summed E-state index contributed by atoms with van der Waals surface area (Å²) < 4.78 is 5.54. The first-order valence-electron chi connectivity index (χ1n) is 5.95. The smallest absolute Gasteiger partial charge is 0.123 e. The molecule has 0 aliphatic rings. The molecular weight excluding hydrogens is 224 g/mol. The van der Waals surface area contributed by atoms with Gasteiger partial charge in [-0.2, -0.15) is 0 Å². The minimum Gasteiger partial charge on any atom is -0.465 e. The maximum Gasteiger partial charge on any atom is 0.123 e. The Kier molecular flexibility index (Phi) is 2.73. The molecule has 0 spiro atoms. The third kappa shape index (κ3) is 2.07. The van der Waals surface area contributed by atoms with Crippen LogP contribution < -0.4 is 5.32 Å². The Hall–Kier alpha value is -2.29. The zero-order valence-corrected chi connectivity index (χ0v) is 10.2. The summed E-state index contributed by atoms with van der Waals surface area (Å²) >= 11 is 0. The van der Waals surface area contributed by atoms with Crippen LogP contribution in [0.2, 0.25) is 0 Å². The second-order valence-corrected chi connectivity index (χ2v) is 4.27. The topological polar surface area (TPSA) is 38.1 Å². The van der Waals surface area contributed by atoms with Crippen molar-refractivity contribution in [3.63, 3.8) is 0 Å². The Labute approximate surface area is 105 Å². The van der Waals surface area contributed by atoms with Crippen molar-refractivity contribution in [3.8, 4) is 0 Å². The van der Waals surface area contributed by atoms with E-state index >= 15 is 0 Å². The van der Waals surface area contributed by atoms with Gasteiger partial charge in [0.1, 0.15) is 11.5 Å². The van der Waals surface area contributed by atoms with Gasteiger partial charge in [-0.1, -0.05) is 12.1 Å². The van der Waals surface area contributed by atoms with Crippen LogP contribution >= 0.6 is 0 Å². The molecule has 3 nitrogen and oxygen atoms in total. The number of nitrogens with one attached hydrogen (secondary N) is 1. The Morgan fingerprint density at radius 3 is 2.94 bits per heavy atom. The van der Waals surface area contributed by atoms with Crippen LogP contribution in [0, 0.1) is 6.92 Å². The molecule has 3 aromatic rings. The molecule has 0 bridgehead atoms. The third-order valence-corrected chi connectivity index (χ3v) is 2.93. The van der Waals surface area contributed by atoms with Gasteiger partial charge in [-0.15, -0.1) is 0 Å². The zero-order valence-electron chi connectivity index (χ0n) is 10.2. The minimum absolute atomic E-state index is 0.690. The van der Waals surface area contributed by atoms with Crippen LogP contribution in [0.1, 0.15) is 11.5 Å². The number of hydrogen-bond donors (Lipinski definition) is 1. The van der Waals surface area contributed by atoms with Crippen LogP contribution in [0.25, 0.3) is 10.8 Å². The summed E-state index contributed by atoms with van der Waals surface area (Å²) in [7, 11) is 0. The number of aryl methyl sites for hydroxylation is 1. The first kappa shape index (κ1) is 10.8. The lowest BCUT2D eigenvalue weighted by atomic mass is 10.1. The van der Waals surface area contributed by atoms with E-state index in [-0.39, 0.29) is 0 Å². The van der Waals surface area contributed by atoms with Crippen molar-refractivity contribution in [2.75, 3.05) is 5.32 Å². The zero-order chi connectivity index (χ0) is 12.4. The molecule has 0 unspecified atom stereocenters. The fraction of sp³-hybridized carbons (Fsp3) is 0.133. The van der Waals surface area contributed by atoms with Gasteiger partial charge in [0.25, 0.3) is 0 Å². The molecule has 0 aliphatic carbocycles. The minimum atomic E-state index is 0.690. The summed E-state index contributed by atoms with van der Waals surface area (Å²) in [6, 6.07) is 12.1. The van der Waals surface area contributed by atoms with Gasteiger partial charge < -0.3 is 9.73 Å². The maximum atomic E-state index is 5.54. The van der Waals surface area contributed by atoms with E-state index in [1.807, 2.05) is 43.6 Å². The van der Waals surface area contributed by atoms with Gasteiger partial charge >= 0.3 is 0 Å². The number of nitrogens with zero attached hydrogens (tertiary/aromatic N) is 1. The van der Waals surface area contributed by atoms with Gasteiger partial charge in [-0.25, -0.2) is 0 Å². The van der Waals surface area contributed by atoms with E-state index < -0.39 is 0 Å². The number of rotatable bonds is 3. The Morgan fingerprint density at radius 1 is 1.17 bits per heavy atom. The van der Waals surface area contributed by atoms with E-state index in [4.69, 9.17) is 4.42 Å². The van der Waals surface area contributed by atoms with Gasteiger partial charge in [0.2, 0.25) is 0 Å². The fourth-order valence-corrected chi connectivity index (χ4v) is 2.04. The van der Waals surface area contributed by atoms with Crippen molar-refractivity contribution in [1.29, 1.82) is 0 Å². The van der Waals surface area contributed by atoms with Crippen molar-refractivity contribution in [2.24, 2.45) is 0 Å². The molecule has 0 aliphatic heterocycles. The average molecular weight is 238 g/mol. The standard InChI is InChI=1S/C15H14N2O/c1-11-5-6-13(18-11)10-17-15-4-2-3-12-9-16-8-7-14(12)15/h2-9,17H,10H2,1H3. The van der Waals surface area contributed by atoms with Gasteiger partial charge in [0.05, 0.1) is 6.54 Å². The van der Waals surface area contributed by atoms with Crippen LogP contribution in [0.3, 0.4) is 0 Å².